The molecule has 0 fully saturated rings. The van der Waals surface area contributed by atoms with Gasteiger partial charge < -0.3 is 19.5 Å². The number of alkyl halides is 3. The van der Waals surface area contributed by atoms with Crippen LogP contribution in [0.3, 0.4) is 0 Å². The number of anilines is 3. The minimum absolute atomic E-state index is 0.000822. The Bertz CT molecular complexity index is 1510. The molecule has 3 heterocycles. The molecule has 15 heteroatoms. The van der Waals surface area contributed by atoms with Crippen molar-refractivity contribution in [3.8, 4) is 11.8 Å². The van der Waals surface area contributed by atoms with E-state index >= 15 is 0 Å². The van der Waals surface area contributed by atoms with E-state index in [9.17, 15) is 22.8 Å². The lowest BCUT2D eigenvalue weighted by atomic mass is 10.3. The van der Waals surface area contributed by atoms with E-state index < -0.39 is 18.1 Å². The van der Waals surface area contributed by atoms with Crippen molar-refractivity contribution < 1.29 is 32.3 Å². The molecule has 0 saturated heterocycles. The standard InChI is InChI=1S/C23H21F3N8O4/c1-5-17(35)34(38-21(36)23(24,25)26)15-7-6-8-16(9-15)37-22-30-19(29-14-10-28-32(4)11-14)18-20(31-22)33(12-27-18)13(2)3/h5-13H,1H2,2-4H3,(H,29,30,31). The zero-order chi connectivity index (χ0) is 27.6. The van der Waals surface area contributed by atoms with Gasteiger partial charge in [-0.1, -0.05) is 12.6 Å². The van der Waals surface area contributed by atoms with Crippen LogP contribution < -0.4 is 15.1 Å². The van der Waals surface area contributed by atoms with Crippen LogP contribution >= 0.6 is 0 Å². The number of carbonyl (C=O) groups is 2. The summed E-state index contributed by atoms with van der Waals surface area (Å²) in [7, 11) is 1.75. The van der Waals surface area contributed by atoms with Crippen molar-refractivity contribution in [1.82, 2.24) is 29.3 Å². The molecule has 3 aromatic heterocycles. The van der Waals surface area contributed by atoms with Crippen LogP contribution in [0, 0.1) is 0 Å². The van der Waals surface area contributed by atoms with Crippen LogP contribution in [-0.2, 0) is 21.5 Å². The minimum atomic E-state index is -5.33. The minimum Gasteiger partial charge on any atom is -0.424 e. The highest BCUT2D eigenvalue weighted by Gasteiger charge is 2.43. The molecule has 0 aliphatic carbocycles. The molecule has 1 N–H and O–H groups in total. The van der Waals surface area contributed by atoms with Crippen molar-refractivity contribution in [2.45, 2.75) is 26.1 Å². The van der Waals surface area contributed by atoms with Gasteiger partial charge in [0.2, 0.25) is 0 Å². The largest absolute Gasteiger partial charge is 0.493 e. The quantitative estimate of drug-likeness (QED) is 0.276. The van der Waals surface area contributed by atoms with Gasteiger partial charge in [0.15, 0.2) is 17.0 Å². The second-order valence-corrected chi connectivity index (χ2v) is 8.11. The maximum atomic E-state index is 12.7. The highest BCUT2D eigenvalue weighted by molar-refractivity contribution is 6.01. The molecule has 0 aliphatic rings. The third kappa shape index (κ3) is 5.55. The lowest BCUT2D eigenvalue weighted by Crippen LogP contribution is -2.37. The van der Waals surface area contributed by atoms with Crippen molar-refractivity contribution in [3.63, 3.8) is 0 Å². The van der Waals surface area contributed by atoms with Crippen molar-refractivity contribution in [2.75, 3.05) is 10.4 Å². The van der Waals surface area contributed by atoms with E-state index in [1.807, 2.05) is 13.8 Å². The number of amides is 1. The third-order valence-corrected chi connectivity index (χ3v) is 4.97. The van der Waals surface area contributed by atoms with Gasteiger partial charge in [-0.15, -0.1) is 5.06 Å². The van der Waals surface area contributed by atoms with Gasteiger partial charge >= 0.3 is 18.2 Å². The molecule has 0 spiro atoms. The molecule has 0 radical (unpaired) electrons. The lowest BCUT2D eigenvalue weighted by Gasteiger charge is -2.20. The summed E-state index contributed by atoms with van der Waals surface area (Å²) in [5.41, 5.74) is 1.32. The van der Waals surface area contributed by atoms with Crippen LogP contribution in [0.2, 0.25) is 0 Å². The molecular weight excluding hydrogens is 509 g/mol. The number of benzene rings is 1. The second kappa shape index (κ2) is 10.2. The molecule has 12 nitrogen and oxygen atoms in total. The summed E-state index contributed by atoms with van der Waals surface area (Å²) in [6, 6.07) is 5.11. The van der Waals surface area contributed by atoms with Gasteiger partial charge in [-0.25, -0.2) is 9.78 Å². The fraction of sp³-hybridized carbons (Fsp3) is 0.217. The van der Waals surface area contributed by atoms with Gasteiger partial charge in [0.25, 0.3) is 5.91 Å². The number of aromatic nitrogens is 6. The predicted octanol–water partition coefficient (Wildman–Crippen LogP) is 4.22. The number of rotatable bonds is 7. The van der Waals surface area contributed by atoms with Gasteiger partial charge in [0.1, 0.15) is 5.75 Å². The number of fused-ring (bicyclic) bond motifs is 1. The number of ether oxygens (including phenoxy) is 1. The highest BCUT2D eigenvalue weighted by atomic mass is 19.4. The van der Waals surface area contributed by atoms with Crippen molar-refractivity contribution in [3.05, 3.63) is 55.6 Å². The van der Waals surface area contributed by atoms with Crippen molar-refractivity contribution >= 4 is 40.2 Å². The molecule has 4 aromatic rings. The monoisotopic (exact) mass is 530 g/mol. The smallest absolute Gasteiger partial charge is 0.424 e. The van der Waals surface area contributed by atoms with E-state index in [0.29, 0.717) is 28.7 Å². The summed E-state index contributed by atoms with van der Waals surface area (Å²) < 4.78 is 47.4. The number of aryl methyl sites for hydroxylation is 1. The van der Waals surface area contributed by atoms with E-state index in [1.165, 1.54) is 24.3 Å². The lowest BCUT2D eigenvalue weighted by molar-refractivity contribution is -0.201. The Morgan fingerprint density at radius 3 is 2.63 bits per heavy atom. The summed E-state index contributed by atoms with van der Waals surface area (Å²) in [6.07, 6.45) is 0.290. The number of halogens is 3. The van der Waals surface area contributed by atoms with Crippen LogP contribution in [0.4, 0.5) is 30.4 Å². The Labute approximate surface area is 213 Å². The SMILES string of the molecule is C=CC(=O)N(OC(=O)C(F)(F)F)c1cccc(Oc2nc(Nc3cnn(C)c3)c3ncn(C(C)C)c3n2)c1. The van der Waals surface area contributed by atoms with E-state index in [-0.39, 0.29) is 28.6 Å². The maximum absolute atomic E-state index is 12.7. The second-order valence-electron chi connectivity index (χ2n) is 8.11. The first kappa shape index (κ1) is 26.1. The van der Waals surface area contributed by atoms with Gasteiger partial charge in [-0.05, 0) is 32.1 Å². The molecule has 0 bridgehead atoms. The number of nitrogens with zero attached hydrogens (tertiary/aromatic N) is 7. The Morgan fingerprint density at radius 1 is 1.24 bits per heavy atom. The molecule has 198 valence electrons. The zero-order valence-corrected chi connectivity index (χ0v) is 20.3. The fourth-order valence-corrected chi connectivity index (χ4v) is 3.25. The van der Waals surface area contributed by atoms with Gasteiger partial charge in [0, 0.05) is 25.4 Å². The number of hydrogen-bond donors (Lipinski definition) is 1. The van der Waals surface area contributed by atoms with E-state index in [4.69, 9.17) is 4.74 Å². The van der Waals surface area contributed by atoms with E-state index in [1.54, 1.807) is 35.0 Å². The number of carbonyl (C=O) groups excluding carboxylic acids is 2. The molecule has 0 unspecified atom stereocenters. The average Bonchev–Trinajstić information content (AvgIpc) is 3.47. The van der Waals surface area contributed by atoms with Crippen molar-refractivity contribution in [2.24, 2.45) is 7.05 Å². The summed E-state index contributed by atoms with van der Waals surface area (Å²) in [5.74, 6) is -3.34. The van der Waals surface area contributed by atoms with Crippen LogP contribution in [0.15, 0.2) is 55.6 Å². The van der Waals surface area contributed by atoms with E-state index in [0.717, 1.165) is 0 Å². The zero-order valence-electron chi connectivity index (χ0n) is 20.3. The van der Waals surface area contributed by atoms with Crippen LogP contribution in [0.5, 0.6) is 11.8 Å². The van der Waals surface area contributed by atoms with Crippen molar-refractivity contribution in [1.29, 1.82) is 0 Å². The van der Waals surface area contributed by atoms with Gasteiger partial charge in [-0.2, -0.15) is 28.2 Å². The number of hydroxylamine groups is 1. The summed E-state index contributed by atoms with van der Waals surface area (Å²) in [5, 5.41) is 7.38. The number of hydrogen-bond acceptors (Lipinski definition) is 9. The Hall–Kier alpha value is -4.95. The van der Waals surface area contributed by atoms with Crippen LogP contribution in [-0.4, -0.2) is 47.4 Å². The number of imidazole rings is 1. The molecule has 0 aliphatic heterocycles. The first-order valence-corrected chi connectivity index (χ1v) is 11.0. The predicted molar refractivity (Wildman–Crippen MR) is 129 cm³/mol. The average molecular weight is 530 g/mol. The Morgan fingerprint density at radius 2 is 2.00 bits per heavy atom. The molecule has 1 aromatic carbocycles. The summed E-state index contributed by atoms with van der Waals surface area (Å²) >= 11 is 0. The normalized spacial score (nSPS) is 11.4. The molecular formula is C23H21F3N8O4. The van der Waals surface area contributed by atoms with E-state index in [2.05, 4.69) is 36.8 Å². The summed E-state index contributed by atoms with van der Waals surface area (Å²) in [4.78, 5) is 41.0. The van der Waals surface area contributed by atoms with Crippen LogP contribution in [0.25, 0.3) is 11.2 Å². The molecule has 1 amide bonds. The topological polar surface area (TPSA) is 129 Å². The van der Waals surface area contributed by atoms with Gasteiger partial charge in [-0.3, -0.25) is 9.48 Å². The molecule has 0 saturated carbocycles. The fourth-order valence-electron chi connectivity index (χ4n) is 3.25. The summed E-state index contributed by atoms with van der Waals surface area (Å²) in [6.45, 7) is 7.10. The first-order valence-electron chi connectivity index (χ1n) is 11.0. The molecule has 38 heavy (non-hydrogen) atoms. The maximum Gasteiger partial charge on any atom is 0.493 e. The molecule has 0 atom stereocenters. The Kier molecular flexibility index (Phi) is 7.01. The highest BCUT2D eigenvalue weighted by Crippen LogP contribution is 2.30. The number of nitrogens with one attached hydrogen (secondary N) is 1. The van der Waals surface area contributed by atoms with Crippen LogP contribution in [0.1, 0.15) is 19.9 Å². The molecule has 4 rings (SSSR count). The van der Waals surface area contributed by atoms with Gasteiger partial charge in [0.05, 0.1) is 23.9 Å². The third-order valence-electron chi connectivity index (χ3n) is 4.97. The Balaban J connectivity index is 1.70. The first-order chi connectivity index (χ1) is 18.0.